The zero-order valence-electron chi connectivity index (χ0n) is 23.5. The second-order valence-electron chi connectivity index (χ2n) is 13.6. The molecule has 0 spiro atoms. The number of ether oxygens (including phenoxy) is 1. The summed E-state index contributed by atoms with van der Waals surface area (Å²) in [5, 5.41) is 0.166. The highest BCUT2D eigenvalue weighted by molar-refractivity contribution is 7.84. The maximum absolute atomic E-state index is 13.0. The molecule has 0 aliphatic carbocycles. The molecule has 5 nitrogen and oxygen atoms in total. The van der Waals surface area contributed by atoms with Crippen LogP contribution in [0.1, 0.15) is 75.7 Å². The summed E-state index contributed by atoms with van der Waals surface area (Å²) in [6, 6.07) is -0.112. The summed E-state index contributed by atoms with van der Waals surface area (Å²) in [4.78, 5) is 0. The third-order valence-corrected chi connectivity index (χ3v) is 18.2. The Balaban J connectivity index is 3.43. The van der Waals surface area contributed by atoms with Gasteiger partial charge in [-0.05, 0) is 70.4 Å². The molecule has 0 saturated carbocycles. The minimum Gasteiger partial charge on any atom is -0.411 e. The van der Waals surface area contributed by atoms with Crippen LogP contribution in [0.4, 0.5) is 0 Å². The first-order chi connectivity index (χ1) is 14.1. The van der Waals surface area contributed by atoms with Gasteiger partial charge in [-0.3, -0.25) is 0 Å². The summed E-state index contributed by atoms with van der Waals surface area (Å²) in [6.07, 6.45) is 0.696. The van der Waals surface area contributed by atoms with Crippen molar-refractivity contribution in [2.45, 2.75) is 135 Å². The summed E-state index contributed by atoms with van der Waals surface area (Å²) in [5.74, 6) is 0.284. The Morgan fingerprint density at radius 2 is 1.38 bits per heavy atom. The van der Waals surface area contributed by atoms with Gasteiger partial charge in [0.25, 0.3) is 0 Å². The van der Waals surface area contributed by atoms with Crippen LogP contribution in [-0.4, -0.2) is 57.1 Å². The lowest BCUT2D eigenvalue weighted by Crippen LogP contribution is -2.60. The van der Waals surface area contributed by atoms with Crippen LogP contribution >= 0.6 is 0 Å². The largest absolute Gasteiger partial charge is 0.411 e. The van der Waals surface area contributed by atoms with E-state index in [1.54, 1.807) is 0 Å². The molecule has 0 bridgehead atoms. The lowest BCUT2D eigenvalue weighted by atomic mass is 9.94. The van der Waals surface area contributed by atoms with Crippen molar-refractivity contribution in [2.24, 2.45) is 5.92 Å². The van der Waals surface area contributed by atoms with Gasteiger partial charge in [0.15, 0.2) is 16.6 Å². The van der Waals surface area contributed by atoms with E-state index >= 15 is 0 Å². The average molecular weight is 508 g/mol. The topological polar surface area (TPSA) is 56.8 Å². The van der Waals surface area contributed by atoms with E-state index in [0.717, 1.165) is 13.0 Å². The van der Waals surface area contributed by atoms with Gasteiger partial charge >= 0.3 is 0 Å². The first-order valence-corrected chi connectivity index (χ1v) is 19.2. The monoisotopic (exact) mass is 507 g/mol. The van der Waals surface area contributed by atoms with Gasteiger partial charge in [0.05, 0.1) is 34.5 Å². The highest BCUT2D eigenvalue weighted by Gasteiger charge is 2.48. The number of hydrogen-bond donors (Lipinski definition) is 1. The van der Waals surface area contributed by atoms with Crippen LogP contribution < -0.4 is 4.72 Å². The molecule has 0 radical (unpaired) electrons. The predicted octanol–water partition coefficient (Wildman–Crippen LogP) is 6.24. The van der Waals surface area contributed by atoms with Crippen LogP contribution in [0.15, 0.2) is 0 Å². The van der Waals surface area contributed by atoms with E-state index in [1.165, 1.54) is 0 Å². The molecule has 1 aliphatic rings. The second-order valence-corrected chi connectivity index (χ2v) is 25.1. The Morgan fingerprint density at radius 1 is 0.906 bits per heavy atom. The molecular formula is C24H53NO4SSi2. The van der Waals surface area contributed by atoms with Gasteiger partial charge in [0, 0.05) is 18.6 Å². The SMILES string of the molecule is C[C@H](NS(=O)C(C)(C)C)[C@H](O[Si](C)(C)C(C)(C)C)C(O[Si](C)(C)C(C)(C)C)C1CCOC1. The van der Waals surface area contributed by atoms with Crippen molar-refractivity contribution in [2.75, 3.05) is 13.2 Å². The van der Waals surface area contributed by atoms with Crippen LogP contribution in [0.3, 0.4) is 0 Å². The highest BCUT2D eigenvalue weighted by Crippen LogP contribution is 2.42. The second kappa shape index (κ2) is 10.6. The van der Waals surface area contributed by atoms with Crippen molar-refractivity contribution in [3.8, 4) is 0 Å². The smallest absolute Gasteiger partial charge is 0.192 e. The summed E-state index contributed by atoms with van der Waals surface area (Å²) in [7, 11) is -5.36. The van der Waals surface area contributed by atoms with Crippen molar-refractivity contribution in [1.29, 1.82) is 0 Å². The van der Waals surface area contributed by atoms with Crippen molar-refractivity contribution < 1.29 is 17.8 Å². The average Bonchev–Trinajstić information content (AvgIpc) is 3.09. The quantitative estimate of drug-likeness (QED) is 0.375. The molecule has 1 rings (SSSR count). The van der Waals surface area contributed by atoms with Crippen molar-refractivity contribution in [3.05, 3.63) is 0 Å². The highest BCUT2D eigenvalue weighted by atomic mass is 32.2. The van der Waals surface area contributed by atoms with E-state index in [2.05, 4.69) is 79.4 Å². The maximum Gasteiger partial charge on any atom is 0.192 e. The van der Waals surface area contributed by atoms with Crippen LogP contribution in [0.5, 0.6) is 0 Å². The third-order valence-electron chi connectivity index (χ3n) is 7.57. The van der Waals surface area contributed by atoms with Gasteiger partial charge in [0.1, 0.15) is 0 Å². The molecule has 8 heteroatoms. The minimum absolute atomic E-state index is 0.0713. The zero-order valence-corrected chi connectivity index (χ0v) is 26.3. The third kappa shape index (κ3) is 7.99. The summed E-state index contributed by atoms with van der Waals surface area (Å²) in [5.41, 5.74) is 0. The number of nitrogens with one attached hydrogen (secondary N) is 1. The molecule has 1 N–H and O–H groups in total. The van der Waals surface area contributed by atoms with Gasteiger partial charge in [-0.25, -0.2) is 8.93 Å². The van der Waals surface area contributed by atoms with E-state index in [-0.39, 0.29) is 39.0 Å². The van der Waals surface area contributed by atoms with E-state index in [4.69, 9.17) is 13.6 Å². The Hall–Kier alpha value is 0.424. The normalized spacial score (nSPS) is 23.1. The molecule has 1 saturated heterocycles. The summed E-state index contributed by atoms with van der Waals surface area (Å²) >= 11 is 0. The molecule has 0 aromatic heterocycles. The summed E-state index contributed by atoms with van der Waals surface area (Å²) in [6.45, 7) is 32.4. The van der Waals surface area contributed by atoms with Crippen LogP contribution in [-0.2, 0) is 24.6 Å². The number of hydrogen-bond acceptors (Lipinski definition) is 4. The standard InChI is InChI=1S/C24H53NO4SSi2/c1-18(25-30(26)22(2,3)4)20(28-31(11,12)23(5,6)7)21(19-15-16-27-17-19)29-32(13,14)24(8,9)10/h18-21,25H,15-17H2,1-14H3/t18-,19?,20-,21?,30?/m0/s1. The molecule has 5 atom stereocenters. The van der Waals surface area contributed by atoms with Gasteiger partial charge in [-0.2, -0.15) is 0 Å². The van der Waals surface area contributed by atoms with Crippen molar-refractivity contribution in [3.63, 3.8) is 0 Å². The lowest BCUT2D eigenvalue weighted by molar-refractivity contribution is -0.0158. The molecule has 0 aromatic carbocycles. The van der Waals surface area contributed by atoms with Crippen molar-refractivity contribution in [1.82, 2.24) is 4.72 Å². The van der Waals surface area contributed by atoms with Crippen LogP contribution in [0, 0.1) is 5.92 Å². The number of rotatable bonds is 9. The molecule has 1 aliphatic heterocycles. The Kier molecular flexibility index (Phi) is 10.1. The molecule has 1 heterocycles. The van der Waals surface area contributed by atoms with E-state index < -0.39 is 27.6 Å². The fraction of sp³-hybridized carbons (Fsp3) is 1.00. The van der Waals surface area contributed by atoms with Crippen LogP contribution in [0.2, 0.25) is 36.3 Å². The van der Waals surface area contributed by atoms with E-state index in [1.807, 2.05) is 20.8 Å². The van der Waals surface area contributed by atoms with Gasteiger partial charge < -0.3 is 13.6 Å². The molecule has 3 unspecified atom stereocenters. The summed E-state index contributed by atoms with van der Waals surface area (Å²) < 4.78 is 36.1. The molecule has 32 heavy (non-hydrogen) atoms. The van der Waals surface area contributed by atoms with E-state index in [9.17, 15) is 4.21 Å². The Bertz CT molecular complexity index is 629. The molecule has 1 fully saturated rings. The van der Waals surface area contributed by atoms with Gasteiger partial charge in [0.2, 0.25) is 0 Å². The molecule has 0 aromatic rings. The minimum atomic E-state index is -2.11. The first kappa shape index (κ1) is 30.5. The Labute approximate surface area is 204 Å². The van der Waals surface area contributed by atoms with Crippen molar-refractivity contribution >= 4 is 27.6 Å². The van der Waals surface area contributed by atoms with Gasteiger partial charge in [-0.1, -0.05) is 41.5 Å². The van der Waals surface area contributed by atoms with E-state index in [0.29, 0.717) is 6.61 Å². The van der Waals surface area contributed by atoms with Gasteiger partial charge in [-0.15, -0.1) is 0 Å². The fourth-order valence-electron chi connectivity index (χ4n) is 3.14. The molecular weight excluding hydrogens is 455 g/mol. The van der Waals surface area contributed by atoms with Crippen LogP contribution in [0.25, 0.3) is 0 Å². The first-order valence-electron chi connectivity index (χ1n) is 12.2. The Morgan fingerprint density at radius 3 is 1.75 bits per heavy atom. The lowest BCUT2D eigenvalue weighted by Gasteiger charge is -2.48. The predicted molar refractivity (Wildman–Crippen MR) is 144 cm³/mol. The molecule has 0 amide bonds. The molecule has 192 valence electrons. The zero-order chi connectivity index (χ0) is 25.3. The fourth-order valence-corrected chi connectivity index (χ4v) is 6.70. The maximum atomic E-state index is 13.0.